The van der Waals surface area contributed by atoms with Gasteiger partial charge < -0.3 is 4.90 Å². The van der Waals surface area contributed by atoms with Crippen LogP contribution in [-0.2, 0) is 6.54 Å². The fraction of sp³-hybridized carbons (Fsp3) is 0.308. The third-order valence-corrected chi connectivity index (χ3v) is 3.96. The molecule has 0 spiro atoms. The maximum atomic E-state index is 12.6. The summed E-state index contributed by atoms with van der Waals surface area (Å²) in [6.07, 6.45) is 3.24. The first-order valence-corrected chi connectivity index (χ1v) is 7.60. The van der Waals surface area contributed by atoms with Gasteiger partial charge in [0, 0.05) is 17.2 Å². The lowest BCUT2D eigenvalue weighted by atomic mass is 10.2. The quantitative estimate of drug-likeness (QED) is 0.722. The van der Waals surface area contributed by atoms with E-state index in [1.54, 1.807) is 29.2 Å². The first-order valence-electron chi connectivity index (χ1n) is 6.02. The normalized spacial score (nSPS) is 11.1. The molecule has 0 bridgehead atoms. The number of rotatable bonds is 5. The second-order valence-electron chi connectivity index (χ2n) is 4.53. The molecular formula is C13H14Br2N4O. The third-order valence-electron chi connectivity index (χ3n) is 2.74. The van der Waals surface area contributed by atoms with Crippen molar-refractivity contribution in [3.8, 4) is 0 Å². The van der Waals surface area contributed by atoms with E-state index in [0.717, 1.165) is 6.54 Å². The summed E-state index contributed by atoms with van der Waals surface area (Å²) in [5.74, 6) is -0.152. The lowest BCUT2D eigenvalue weighted by Crippen LogP contribution is -2.22. The van der Waals surface area contributed by atoms with Crippen LogP contribution in [0.3, 0.4) is 0 Å². The van der Waals surface area contributed by atoms with Gasteiger partial charge in [0.05, 0.1) is 17.2 Å². The van der Waals surface area contributed by atoms with E-state index in [0.29, 0.717) is 26.9 Å². The van der Waals surface area contributed by atoms with E-state index in [4.69, 9.17) is 0 Å². The Balaban J connectivity index is 2.35. The Bertz CT molecular complexity index is 625. The summed E-state index contributed by atoms with van der Waals surface area (Å²) in [5.41, 5.74) is 0.908. The Kier molecular flexibility index (Phi) is 5.06. The summed E-state index contributed by atoms with van der Waals surface area (Å²) in [4.78, 5) is 18.8. The number of ketones is 1. The topological polar surface area (TPSA) is 51.0 Å². The molecule has 0 N–H and O–H groups in total. The molecule has 0 aliphatic heterocycles. The highest BCUT2D eigenvalue weighted by atomic mass is 79.9. The SMILES string of the molecule is CN(C)CCn1ncc(Br)c1C(=O)c1ncccc1Br. The van der Waals surface area contributed by atoms with Crippen LogP contribution in [0.15, 0.2) is 33.5 Å². The van der Waals surface area contributed by atoms with Crippen LogP contribution in [0.2, 0.25) is 0 Å². The van der Waals surface area contributed by atoms with Crippen molar-refractivity contribution in [2.24, 2.45) is 0 Å². The molecule has 0 saturated carbocycles. The maximum absolute atomic E-state index is 12.6. The molecule has 106 valence electrons. The molecular weight excluding hydrogens is 388 g/mol. The Morgan fingerprint density at radius 3 is 2.75 bits per heavy atom. The second kappa shape index (κ2) is 6.60. The van der Waals surface area contributed by atoms with Crippen LogP contribution in [-0.4, -0.2) is 46.1 Å². The summed E-state index contributed by atoms with van der Waals surface area (Å²) in [7, 11) is 3.96. The zero-order valence-electron chi connectivity index (χ0n) is 11.2. The highest BCUT2D eigenvalue weighted by molar-refractivity contribution is 9.10. The van der Waals surface area contributed by atoms with Crippen molar-refractivity contribution in [1.29, 1.82) is 0 Å². The fourth-order valence-electron chi connectivity index (χ4n) is 1.72. The number of hydrogen-bond acceptors (Lipinski definition) is 4. The van der Waals surface area contributed by atoms with Gasteiger partial charge in [0.2, 0.25) is 5.78 Å². The van der Waals surface area contributed by atoms with Gasteiger partial charge in [-0.1, -0.05) is 0 Å². The van der Waals surface area contributed by atoms with Crippen molar-refractivity contribution in [3.63, 3.8) is 0 Å². The van der Waals surface area contributed by atoms with Gasteiger partial charge in [-0.2, -0.15) is 5.10 Å². The number of carbonyl (C=O) groups is 1. The van der Waals surface area contributed by atoms with Gasteiger partial charge in [-0.15, -0.1) is 0 Å². The number of pyridine rings is 1. The Hall–Kier alpha value is -1.05. The predicted molar refractivity (Wildman–Crippen MR) is 83.9 cm³/mol. The van der Waals surface area contributed by atoms with Crippen molar-refractivity contribution >= 4 is 37.6 Å². The highest BCUT2D eigenvalue weighted by Crippen LogP contribution is 2.22. The van der Waals surface area contributed by atoms with Gasteiger partial charge in [0.15, 0.2) is 0 Å². The zero-order valence-corrected chi connectivity index (χ0v) is 14.3. The molecule has 0 radical (unpaired) electrons. The molecule has 0 saturated heterocycles. The standard InChI is InChI=1S/C13H14Br2N4O/c1-18(2)6-7-19-12(10(15)8-17-19)13(20)11-9(14)4-3-5-16-11/h3-5,8H,6-7H2,1-2H3. The van der Waals surface area contributed by atoms with Gasteiger partial charge >= 0.3 is 0 Å². The number of aromatic nitrogens is 3. The van der Waals surface area contributed by atoms with Crippen molar-refractivity contribution in [1.82, 2.24) is 19.7 Å². The van der Waals surface area contributed by atoms with E-state index in [2.05, 4.69) is 41.9 Å². The van der Waals surface area contributed by atoms with Crippen molar-refractivity contribution in [2.75, 3.05) is 20.6 Å². The molecule has 0 fully saturated rings. The summed E-state index contributed by atoms with van der Waals surface area (Å²) >= 11 is 6.74. The summed E-state index contributed by atoms with van der Waals surface area (Å²) < 4.78 is 3.06. The third kappa shape index (κ3) is 3.34. The smallest absolute Gasteiger partial charge is 0.231 e. The lowest BCUT2D eigenvalue weighted by Gasteiger charge is -2.12. The van der Waals surface area contributed by atoms with Gasteiger partial charge in [-0.3, -0.25) is 14.5 Å². The van der Waals surface area contributed by atoms with Crippen LogP contribution in [0.5, 0.6) is 0 Å². The maximum Gasteiger partial charge on any atom is 0.231 e. The molecule has 7 heteroatoms. The largest absolute Gasteiger partial charge is 0.308 e. The Morgan fingerprint density at radius 1 is 1.35 bits per heavy atom. The van der Waals surface area contributed by atoms with Crippen LogP contribution in [0, 0.1) is 0 Å². The molecule has 0 atom stereocenters. The summed E-state index contributed by atoms with van der Waals surface area (Å²) in [6, 6.07) is 3.58. The molecule has 2 rings (SSSR count). The molecule has 5 nitrogen and oxygen atoms in total. The van der Waals surface area contributed by atoms with Crippen LogP contribution in [0.1, 0.15) is 16.2 Å². The Morgan fingerprint density at radius 2 is 2.10 bits per heavy atom. The molecule has 2 heterocycles. The number of likely N-dealkylation sites (N-methyl/N-ethyl adjacent to an activating group) is 1. The van der Waals surface area contributed by atoms with Crippen molar-refractivity contribution in [3.05, 3.63) is 44.9 Å². The van der Waals surface area contributed by atoms with E-state index < -0.39 is 0 Å². The van der Waals surface area contributed by atoms with Gasteiger partial charge in [-0.05, 0) is 58.1 Å². The van der Waals surface area contributed by atoms with E-state index in [-0.39, 0.29) is 5.78 Å². The lowest BCUT2D eigenvalue weighted by molar-refractivity contribution is 0.102. The first kappa shape index (κ1) is 15.3. The average Bonchev–Trinajstić information content (AvgIpc) is 2.77. The minimum atomic E-state index is -0.152. The second-order valence-corrected chi connectivity index (χ2v) is 6.24. The van der Waals surface area contributed by atoms with Gasteiger partial charge in [0.25, 0.3) is 0 Å². The molecule has 0 amide bonds. The Labute approximate surface area is 134 Å². The molecule has 2 aromatic heterocycles. The predicted octanol–water partition coefficient (Wildman–Crippen LogP) is 2.60. The van der Waals surface area contributed by atoms with Crippen molar-refractivity contribution in [2.45, 2.75) is 6.54 Å². The molecule has 0 unspecified atom stereocenters. The summed E-state index contributed by atoms with van der Waals surface area (Å²) in [5, 5.41) is 4.24. The van der Waals surface area contributed by atoms with E-state index in [1.807, 2.05) is 19.0 Å². The number of carbonyl (C=O) groups excluding carboxylic acids is 1. The highest BCUT2D eigenvalue weighted by Gasteiger charge is 2.21. The molecule has 20 heavy (non-hydrogen) atoms. The molecule has 2 aromatic rings. The van der Waals surface area contributed by atoms with Crippen LogP contribution >= 0.6 is 31.9 Å². The minimum Gasteiger partial charge on any atom is -0.308 e. The van der Waals surface area contributed by atoms with Crippen LogP contribution in [0.4, 0.5) is 0 Å². The molecule has 0 aromatic carbocycles. The minimum absolute atomic E-state index is 0.152. The first-order chi connectivity index (χ1) is 9.50. The average molecular weight is 402 g/mol. The zero-order chi connectivity index (χ0) is 14.7. The number of halogens is 2. The molecule has 0 aliphatic rings. The van der Waals surface area contributed by atoms with E-state index >= 15 is 0 Å². The molecule has 0 aliphatic carbocycles. The van der Waals surface area contributed by atoms with E-state index in [9.17, 15) is 4.79 Å². The van der Waals surface area contributed by atoms with E-state index in [1.165, 1.54) is 0 Å². The van der Waals surface area contributed by atoms with Crippen LogP contribution < -0.4 is 0 Å². The summed E-state index contributed by atoms with van der Waals surface area (Å²) in [6.45, 7) is 1.45. The fourth-order valence-corrected chi connectivity index (χ4v) is 2.63. The van der Waals surface area contributed by atoms with Crippen molar-refractivity contribution < 1.29 is 4.79 Å². The van der Waals surface area contributed by atoms with Gasteiger partial charge in [-0.25, -0.2) is 0 Å². The van der Waals surface area contributed by atoms with Gasteiger partial charge in [0.1, 0.15) is 11.4 Å². The number of nitrogens with zero attached hydrogens (tertiary/aromatic N) is 4. The van der Waals surface area contributed by atoms with Crippen LogP contribution in [0.25, 0.3) is 0 Å². The number of hydrogen-bond donors (Lipinski definition) is 0. The monoisotopic (exact) mass is 400 g/mol.